The number of hydrogen-bond donors (Lipinski definition) is 3. The average molecular weight is 485 g/mol. The summed E-state index contributed by atoms with van der Waals surface area (Å²) in [6.45, 7) is 12.8. The molecule has 0 spiro atoms. The predicted octanol–water partition coefficient (Wildman–Crippen LogP) is 6.41. The number of carboxylic acid groups (broad SMARTS) is 1. The predicted molar refractivity (Wildman–Crippen MR) is 138 cm³/mol. The van der Waals surface area contributed by atoms with E-state index in [0.717, 1.165) is 67.6 Å². The van der Waals surface area contributed by atoms with E-state index in [4.69, 9.17) is 9.47 Å². The van der Waals surface area contributed by atoms with Gasteiger partial charge in [0.25, 0.3) is 0 Å². The number of urea groups is 1. The number of ether oxygens (including phenoxy) is 2. The van der Waals surface area contributed by atoms with E-state index in [-0.39, 0.29) is 6.03 Å². The summed E-state index contributed by atoms with van der Waals surface area (Å²) in [6.07, 6.45) is 6.39. The van der Waals surface area contributed by atoms with Gasteiger partial charge in [-0.15, -0.1) is 0 Å². The molecule has 0 radical (unpaired) electrons. The summed E-state index contributed by atoms with van der Waals surface area (Å²) in [5.74, 6) is 0.00391. The molecule has 0 bridgehead atoms. The number of carbonyl (C=O) groups excluding carboxylic acids is 1. The zero-order chi connectivity index (χ0) is 25.8. The Kier molecular flexibility index (Phi) is 8.65. The molecule has 0 aromatic heterocycles. The number of rotatable bonds is 8. The SMILES string of the molecule is CCCCNC(=O)Nc1cc(C)c(C2=CC3=C(CC2)OCCC3)c(C(OC(C)(C)C)C(=O)O)c1C. The first-order chi connectivity index (χ1) is 16.5. The van der Waals surface area contributed by atoms with Gasteiger partial charge < -0.3 is 25.2 Å². The lowest BCUT2D eigenvalue weighted by Gasteiger charge is -2.31. The molecule has 0 fully saturated rings. The van der Waals surface area contributed by atoms with Crippen molar-refractivity contribution in [2.75, 3.05) is 18.5 Å². The number of nitrogens with one attached hydrogen (secondary N) is 2. The summed E-state index contributed by atoms with van der Waals surface area (Å²) in [5.41, 5.74) is 5.32. The number of hydrogen-bond acceptors (Lipinski definition) is 4. The lowest BCUT2D eigenvalue weighted by atomic mass is 9.82. The maximum absolute atomic E-state index is 12.5. The number of carboxylic acids is 1. The van der Waals surface area contributed by atoms with Gasteiger partial charge in [-0.25, -0.2) is 9.59 Å². The van der Waals surface area contributed by atoms with Crippen molar-refractivity contribution in [3.8, 4) is 0 Å². The third-order valence-electron chi connectivity index (χ3n) is 6.37. The van der Waals surface area contributed by atoms with Gasteiger partial charge in [-0.1, -0.05) is 19.4 Å². The summed E-state index contributed by atoms with van der Waals surface area (Å²) in [5, 5.41) is 16.1. The number of anilines is 1. The topological polar surface area (TPSA) is 96.9 Å². The Morgan fingerprint density at radius 3 is 2.60 bits per heavy atom. The van der Waals surface area contributed by atoms with E-state index in [9.17, 15) is 14.7 Å². The Labute approximate surface area is 209 Å². The Bertz CT molecular complexity index is 1030. The van der Waals surface area contributed by atoms with Gasteiger partial charge in [0.05, 0.1) is 18.0 Å². The van der Waals surface area contributed by atoms with Crippen LogP contribution in [0.1, 0.15) is 94.6 Å². The zero-order valence-electron chi connectivity index (χ0n) is 22.0. The minimum Gasteiger partial charge on any atom is -0.498 e. The largest absolute Gasteiger partial charge is 0.498 e. The zero-order valence-corrected chi connectivity index (χ0v) is 22.0. The average Bonchev–Trinajstić information content (AvgIpc) is 2.79. The molecule has 1 atom stereocenters. The number of allylic oxidation sites excluding steroid dienone is 4. The van der Waals surface area contributed by atoms with Crippen molar-refractivity contribution < 1.29 is 24.2 Å². The molecule has 2 amide bonds. The second-order valence-corrected chi connectivity index (χ2v) is 10.4. The molecule has 1 unspecified atom stereocenters. The second-order valence-electron chi connectivity index (χ2n) is 10.4. The molecule has 1 aliphatic heterocycles. The number of benzene rings is 1. The van der Waals surface area contributed by atoms with Crippen molar-refractivity contribution in [2.24, 2.45) is 0 Å². The van der Waals surface area contributed by atoms with Crippen molar-refractivity contribution >= 4 is 23.3 Å². The van der Waals surface area contributed by atoms with E-state index in [1.807, 2.05) is 40.7 Å². The van der Waals surface area contributed by atoms with Crippen LogP contribution in [-0.4, -0.2) is 35.9 Å². The number of unbranched alkanes of at least 4 members (excludes halogenated alkanes) is 1. The molecule has 0 saturated carbocycles. The minimum absolute atomic E-state index is 0.297. The monoisotopic (exact) mass is 484 g/mol. The van der Waals surface area contributed by atoms with Crippen LogP contribution in [0.25, 0.3) is 5.57 Å². The Hall–Kier alpha value is -2.80. The first-order valence-corrected chi connectivity index (χ1v) is 12.7. The van der Waals surface area contributed by atoms with Gasteiger partial charge in [0, 0.05) is 24.2 Å². The summed E-state index contributed by atoms with van der Waals surface area (Å²) >= 11 is 0. The fourth-order valence-corrected chi connectivity index (χ4v) is 4.76. The number of amides is 2. The second kappa shape index (κ2) is 11.3. The van der Waals surface area contributed by atoms with Crippen LogP contribution in [0.4, 0.5) is 10.5 Å². The van der Waals surface area contributed by atoms with E-state index in [1.165, 1.54) is 5.57 Å². The van der Waals surface area contributed by atoms with Crippen molar-refractivity contribution in [3.05, 3.63) is 45.7 Å². The molecule has 1 aromatic rings. The van der Waals surface area contributed by atoms with Gasteiger partial charge in [0.1, 0.15) is 0 Å². The molecule has 7 heteroatoms. The summed E-state index contributed by atoms with van der Waals surface area (Å²) < 4.78 is 12.0. The van der Waals surface area contributed by atoms with Crippen LogP contribution in [0.2, 0.25) is 0 Å². The smallest absolute Gasteiger partial charge is 0.337 e. The van der Waals surface area contributed by atoms with Crippen LogP contribution in [0.15, 0.2) is 23.5 Å². The van der Waals surface area contributed by atoms with Gasteiger partial charge in [0.2, 0.25) is 0 Å². The Morgan fingerprint density at radius 1 is 1.20 bits per heavy atom. The van der Waals surface area contributed by atoms with Gasteiger partial charge in [0.15, 0.2) is 6.10 Å². The van der Waals surface area contributed by atoms with Crippen LogP contribution >= 0.6 is 0 Å². The van der Waals surface area contributed by atoms with Crippen LogP contribution in [0.5, 0.6) is 0 Å². The van der Waals surface area contributed by atoms with Crippen LogP contribution < -0.4 is 10.6 Å². The number of aliphatic carboxylic acids is 1. The third kappa shape index (κ3) is 6.66. The van der Waals surface area contributed by atoms with E-state index in [1.54, 1.807) is 0 Å². The lowest BCUT2D eigenvalue weighted by molar-refractivity contribution is -0.160. The standard InChI is InChI=1S/C28H40N2O5/c1-7-8-13-29-27(33)30-21-15-17(2)23(20-11-12-22-19(16-20)10-9-14-34-22)24(18(21)3)25(26(31)32)35-28(4,5)6/h15-16,25H,7-14H2,1-6H3,(H,31,32)(H2,29,30,33). The Balaban J connectivity index is 2.13. The van der Waals surface area contributed by atoms with E-state index >= 15 is 0 Å². The molecule has 7 nitrogen and oxygen atoms in total. The molecule has 192 valence electrons. The highest BCUT2D eigenvalue weighted by Gasteiger charge is 2.33. The van der Waals surface area contributed by atoms with Crippen molar-refractivity contribution in [1.82, 2.24) is 5.32 Å². The molecule has 3 rings (SSSR count). The summed E-state index contributed by atoms with van der Waals surface area (Å²) in [7, 11) is 0. The molecule has 0 saturated heterocycles. The fourth-order valence-electron chi connectivity index (χ4n) is 4.76. The molecule has 3 N–H and O–H groups in total. The minimum atomic E-state index is -1.17. The maximum atomic E-state index is 12.5. The molecular weight excluding hydrogens is 444 g/mol. The fraction of sp³-hybridized carbons (Fsp3) is 0.571. The van der Waals surface area contributed by atoms with E-state index < -0.39 is 17.7 Å². The van der Waals surface area contributed by atoms with Crippen LogP contribution in [0.3, 0.4) is 0 Å². The summed E-state index contributed by atoms with van der Waals surface area (Å²) in [6, 6.07) is 1.64. The van der Waals surface area contributed by atoms with Crippen LogP contribution in [-0.2, 0) is 14.3 Å². The van der Waals surface area contributed by atoms with Crippen molar-refractivity contribution in [3.63, 3.8) is 0 Å². The van der Waals surface area contributed by atoms with E-state index in [2.05, 4.69) is 23.6 Å². The molecule has 1 aromatic carbocycles. The van der Waals surface area contributed by atoms with Crippen LogP contribution in [0, 0.1) is 13.8 Å². The highest BCUT2D eigenvalue weighted by Crippen LogP contribution is 2.43. The molecule has 1 aliphatic carbocycles. The first-order valence-electron chi connectivity index (χ1n) is 12.7. The van der Waals surface area contributed by atoms with Gasteiger partial charge in [-0.05, 0) is 94.2 Å². The van der Waals surface area contributed by atoms with Gasteiger partial charge in [-0.3, -0.25) is 0 Å². The molecule has 35 heavy (non-hydrogen) atoms. The Morgan fingerprint density at radius 2 is 1.94 bits per heavy atom. The molecule has 1 heterocycles. The van der Waals surface area contributed by atoms with Gasteiger partial charge >= 0.3 is 12.0 Å². The van der Waals surface area contributed by atoms with Gasteiger partial charge in [-0.2, -0.15) is 0 Å². The quantitative estimate of drug-likeness (QED) is 0.371. The normalized spacial score (nSPS) is 16.7. The third-order valence-corrected chi connectivity index (χ3v) is 6.37. The van der Waals surface area contributed by atoms with Crippen molar-refractivity contribution in [1.29, 1.82) is 0 Å². The number of carbonyl (C=O) groups is 2. The number of aryl methyl sites for hydroxylation is 1. The molecular formula is C28H40N2O5. The highest BCUT2D eigenvalue weighted by atomic mass is 16.5. The molecule has 2 aliphatic rings. The first kappa shape index (κ1) is 26.8. The lowest BCUT2D eigenvalue weighted by Crippen LogP contribution is -2.31. The van der Waals surface area contributed by atoms with E-state index in [0.29, 0.717) is 23.4 Å². The summed E-state index contributed by atoms with van der Waals surface area (Å²) in [4.78, 5) is 25.1. The maximum Gasteiger partial charge on any atom is 0.337 e. The van der Waals surface area contributed by atoms with Crippen molar-refractivity contribution in [2.45, 2.75) is 91.8 Å². The highest BCUT2D eigenvalue weighted by molar-refractivity contribution is 5.92.